The summed E-state index contributed by atoms with van der Waals surface area (Å²) in [5, 5.41) is 0. The summed E-state index contributed by atoms with van der Waals surface area (Å²) in [6.07, 6.45) is -4.21. The fourth-order valence-corrected chi connectivity index (χ4v) is 2.40. The summed E-state index contributed by atoms with van der Waals surface area (Å²) in [4.78, 5) is 16.7. The number of aromatic nitrogens is 1. The lowest BCUT2D eigenvalue weighted by atomic mass is 10.1. The highest BCUT2D eigenvalue weighted by molar-refractivity contribution is 5.95. The molecule has 1 aromatic carbocycles. The van der Waals surface area contributed by atoms with Crippen molar-refractivity contribution in [1.82, 2.24) is 9.88 Å². The number of carbonyl (C=O) groups is 1. The van der Waals surface area contributed by atoms with Crippen LogP contribution in [0.25, 0.3) is 0 Å². The minimum absolute atomic E-state index is 0.0967. The number of hydrogen-bond donors (Lipinski definition) is 0. The van der Waals surface area contributed by atoms with Crippen LogP contribution in [0.4, 0.5) is 22.0 Å². The molecule has 2 heterocycles. The Morgan fingerprint density at radius 1 is 1.12 bits per heavy atom. The van der Waals surface area contributed by atoms with Crippen molar-refractivity contribution in [3.63, 3.8) is 0 Å². The molecule has 0 radical (unpaired) electrons. The van der Waals surface area contributed by atoms with Crippen molar-refractivity contribution in [2.24, 2.45) is 0 Å². The largest absolute Gasteiger partial charge is 0.470 e. The van der Waals surface area contributed by atoms with Gasteiger partial charge in [0.15, 0.2) is 0 Å². The highest BCUT2D eigenvalue weighted by atomic mass is 19.4. The van der Waals surface area contributed by atoms with E-state index in [1.165, 1.54) is 0 Å². The van der Waals surface area contributed by atoms with Gasteiger partial charge in [0.2, 0.25) is 5.88 Å². The first-order chi connectivity index (χ1) is 11.8. The Morgan fingerprint density at radius 2 is 1.76 bits per heavy atom. The van der Waals surface area contributed by atoms with E-state index in [9.17, 15) is 26.7 Å². The average Bonchev–Trinajstić information content (AvgIpc) is 2.49. The minimum Gasteiger partial charge on any atom is -0.470 e. The molecule has 9 heteroatoms. The van der Waals surface area contributed by atoms with Gasteiger partial charge in [-0.3, -0.25) is 4.79 Å². The summed E-state index contributed by atoms with van der Waals surface area (Å²) in [5.74, 6) is -3.48. The number of nitrogens with zero attached hydrogens (tertiary/aromatic N) is 2. The van der Waals surface area contributed by atoms with Crippen LogP contribution in [0.3, 0.4) is 0 Å². The predicted octanol–water partition coefficient (Wildman–Crippen LogP) is 3.28. The average molecular weight is 358 g/mol. The number of hydrogen-bond acceptors (Lipinski definition) is 3. The number of amides is 1. The quantitative estimate of drug-likeness (QED) is 0.791. The van der Waals surface area contributed by atoms with E-state index in [4.69, 9.17) is 4.74 Å². The number of ether oxygens (including phenoxy) is 1. The molecule has 1 saturated heterocycles. The second-order valence-electron chi connectivity index (χ2n) is 5.40. The van der Waals surface area contributed by atoms with Crippen LogP contribution < -0.4 is 4.74 Å². The van der Waals surface area contributed by atoms with Crippen molar-refractivity contribution in [2.45, 2.75) is 12.3 Å². The molecule has 0 bridgehead atoms. The molecule has 0 atom stereocenters. The fraction of sp³-hybridized carbons (Fsp3) is 0.250. The normalized spacial score (nSPS) is 15.0. The molecule has 1 fully saturated rings. The molecule has 4 nitrogen and oxygen atoms in total. The SMILES string of the molecule is O=C(c1c(F)cccc1F)N1CC(Oc2ncccc2C(F)(F)F)C1. The summed E-state index contributed by atoms with van der Waals surface area (Å²) >= 11 is 0. The predicted molar refractivity (Wildman–Crippen MR) is 75.9 cm³/mol. The van der Waals surface area contributed by atoms with Gasteiger partial charge in [-0.05, 0) is 24.3 Å². The molecule has 2 aromatic rings. The van der Waals surface area contributed by atoms with Gasteiger partial charge in [-0.1, -0.05) is 6.07 Å². The molecule has 0 saturated carbocycles. The molecule has 0 aliphatic carbocycles. The van der Waals surface area contributed by atoms with Gasteiger partial charge < -0.3 is 9.64 Å². The molecule has 1 amide bonds. The second-order valence-corrected chi connectivity index (χ2v) is 5.40. The molecule has 132 valence electrons. The fourth-order valence-electron chi connectivity index (χ4n) is 2.40. The number of pyridine rings is 1. The molecule has 0 unspecified atom stereocenters. The summed E-state index contributed by atoms with van der Waals surface area (Å²) in [6.45, 7) is -0.193. The van der Waals surface area contributed by atoms with Gasteiger partial charge in [-0.25, -0.2) is 13.8 Å². The van der Waals surface area contributed by atoms with Crippen LogP contribution in [0, 0.1) is 11.6 Å². The molecule has 1 aliphatic heterocycles. The molecular weight excluding hydrogens is 347 g/mol. The van der Waals surface area contributed by atoms with Crippen molar-refractivity contribution in [3.05, 3.63) is 59.3 Å². The van der Waals surface area contributed by atoms with E-state index in [0.29, 0.717) is 0 Å². The molecule has 3 rings (SSSR count). The van der Waals surface area contributed by atoms with E-state index in [1.54, 1.807) is 0 Å². The Hall–Kier alpha value is -2.71. The standard InChI is InChI=1S/C16H11F5N2O2/c17-11-4-1-5-12(18)13(11)15(24)23-7-9(8-23)25-14-10(16(19,20)21)3-2-6-22-14/h1-6,9H,7-8H2. The van der Waals surface area contributed by atoms with Crippen LogP contribution in [-0.4, -0.2) is 35.0 Å². The maximum absolute atomic E-state index is 13.6. The third kappa shape index (κ3) is 3.40. The first-order valence-electron chi connectivity index (χ1n) is 7.19. The molecular formula is C16H11F5N2O2. The van der Waals surface area contributed by atoms with Crippen molar-refractivity contribution < 1.29 is 31.5 Å². The van der Waals surface area contributed by atoms with Crippen molar-refractivity contribution in [2.75, 3.05) is 13.1 Å². The number of likely N-dealkylation sites (tertiary alicyclic amines) is 1. The van der Waals surface area contributed by atoms with Crippen LogP contribution in [0.1, 0.15) is 15.9 Å². The monoisotopic (exact) mass is 358 g/mol. The Labute approximate surface area is 138 Å². The zero-order chi connectivity index (χ0) is 18.2. The van der Waals surface area contributed by atoms with Crippen molar-refractivity contribution in [3.8, 4) is 5.88 Å². The van der Waals surface area contributed by atoms with Crippen molar-refractivity contribution >= 4 is 5.91 Å². The van der Waals surface area contributed by atoms with Gasteiger partial charge in [0.1, 0.15) is 28.9 Å². The summed E-state index contributed by atoms with van der Waals surface area (Å²) in [5.41, 5.74) is -1.73. The molecule has 0 spiro atoms. The van der Waals surface area contributed by atoms with Gasteiger partial charge in [0.25, 0.3) is 5.91 Å². The Kier molecular flexibility index (Phi) is 4.32. The van der Waals surface area contributed by atoms with Gasteiger partial charge >= 0.3 is 6.18 Å². The highest BCUT2D eigenvalue weighted by Gasteiger charge is 2.39. The van der Waals surface area contributed by atoms with E-state index < -0.39 is 46.8 Å². The van der Waals surface area contributed by atoms with Gasteiger partial charge in [0, 0.05) is 6.20 Å². The molecule has 1 aliphatic rings. The number of benzene rings is 1. The third-order valence-electron chi connectivity index (χ3n) is 3.67. The van der Waals surface area contributed by atoms with E-state index in [0.717, 1.165) is 41.4 Å². The van der Waals surface area contributed by atoms with Gasteiger partial charge in [-0.15, -0.1) is 0 Å². The topological polar surface area (TPSA) is 42.4 Å². The summed E-state index contributed by atoms with van der Waals surface area (Å²) in [7, 11) is 0. The lowest BCUT2D eigenvalue weighted by Crippen LogP contribution is -2.56. The zero-order valence-corrected chi connectivity index (χ0v) is 12.6. The van der Waals surface area contributed by atoms with Crippen LogP contribution >= 0.6 is 0 Å². The Balaban J connectivity index is 1.67. The van der Waals surface area contributed by atoms with Crippen LogP contribution in [0.5, 0.6) is 5.88 Å². The molecule has 0 N–H and O–H groups in total. The smallest absolute Gasteiger partial charge is 0.421 e. The van der Waals surface area contributed by atoms with Gasteiger partial charge in [0.05, 0.1) is 13.1 Å². The lowest BCUT2D eigenvalue weighted by Gasteiger charge is -2.39. The maximum atomic E-state index is 13.6. The Morgan fingerprint density at radius 3 is 2.36 bits per heavy atom. The minimum atomic E-state index is -4.63. The van der Waals surface area contributed by atoms with E-state index in [2.05, 4.69) is 4.98 Å². The summed E-state index contributed by atoms with van der Waals surface area (Å²) < 4.78 is 71.0. The van der Waals surface area contributed by atoms with E-state index in [1.807, 2.05) is 0 Å². The first kappa shape index (κ1) is 17.1. The number of alkyl halides is 3. The van der Waals surface area contributed by atoms with Crippen molar-refractivity contribution in [1.29, 1.82) is 0 Å². The zero-order valence-electron chi connectivity index (χ0n) is 12.6. The first-order valence-corrected chi connectivity index (χ1v) is 7.19. The van der Waals surface area contributed by atoms with E-state index >= 15 is 0 Å². The molecule has 25 heavy (non-hydrogen) atoms. The van der Waals surface area contributed by atoms with Crippen LogP contribution in [0.2, 0.25) is 0 Å². The second kappa shape index (κ2) is 6.30. The number of halogens is 5. The summed E-state index contributed by atoms with van der Waals surface area (Å²) in [6, 6.07) is 5.00. The number of carbonyl (C=O) groups excluding carboxylic acids is 1. The highest BCUT2D eigenvalue weighted by Crippen LogP contribution is 2.35. The number of rotatable bonds is 3. The van der Waals surface area contributed by atoms with E-state index in [-0.39, 0.29) is 13.1 Å². The van der Waals surface area contributed by atoms with Crippen LogP contribution in [-0.2, 0) is 6.18 Å². The van der Waals surface area contributed by atoms with Gasteiger partial charge in [-0.2, -0.15) is 13.2 Å². The lowest BCUT2D eigenvalue weighted by molar-refractivity contribution is -0.140. The molecule has 1 aromatic heterocycles. The third-order valence-corrected chi connectivity index (χ3v) is 3.67. The van der Waals surface area contributed by atoms with Crippen LogP contribution in [0.15, 0.2) is 36.5 Å². The Bertz CT molecular complexity index is 783. The maximum Gasteiger partial charge on any atom is 0.421 e.